The molecule has 0 radical (unpaired) electrons. The van der Waals surface area contributed by atoms with E-state index in [0.717, 1.165) is 36.2 Å². The number of nitrogens with zero attached hydrogens (tertiary/aromatic N) is 4. The van der Waals surface area contributed by atoms with Crippen molar-refractivity contribution in [2.75, 3.05) is 43.4 Å². The third kappa shape index (κ3) is 6.34. The minimum Gasteiger partial charge on any atom is -0.748 e. The van der Waals surface area contributed by atoms with Gasteiger partial charge in [-0.15, -0.1) is 0 Å². The molecule has 0 fully saturated rings. The van der Waals surface area contributed by atoms with Crippen LogP contribution in [0.15, 0.2) is 47.5 Å². The Kier molecular flexibility index (Phi) is 8.32. The summed E-state index contributed by atoms with van der Waals surface area (Å²) < 4.78 is 44.6. The Morgan fingerprint density at radius 1 is 1.11 bits per heavy atom. The first kappa shape index (κ1) is 31.6. The van der Waals surface area contributed by atoms with Gasteiger partial charge in [0.25, 0.3) is 11.8 Å². The standard InChI is InChI=1S/C33H37N5O7S/c1-4-36-12-5-7-21-15-24-28(17-26(21)36)45-29-18-27-23(16-25(29)35-24)22(20-46(42,43)44)19-33(2,3)38(27)13-6-8-30(39)34-11-14-37-31(40)9-10-32(37)41/h9-10,15-19H,4-8,11-14,20H2,1-3H3,(H-,34,39,42,43,44). The molecule has 0 bridgehead atoms. The van der Waals surface area contributed by atoms with Gasteiger partial charge in [-0.2, -0.15) is 0 Å². The van der Waals surface area contributed by atoms with E-state index in [1.165, 1.54) is 17.7 Å². The lowest BCUT2D eigenvalue weighted by Crippen LogP contribution is -2.46. The number of nitrogens with one attached hydrogen (secondary N) is 1. The molecule has 0 saturated carbocycles. The number of benzene rings is 2. The third-order valence-electron chi connectivity index (χ3n) is 8.83. The van der Waals surface area contributed by atoms with E-state index in [1.54, 1.807) is 12.1 Å². The third-order valence-corrected chi connectivity index (χ3v) is 9.50. The predicted molar refractivity (Wildman–Crippen MR) is 170 cm³/mol. The number of anilines is 1. The molecule has 2 aromatic rings. The molecule has 0 spiro atoms. The van der Waals surface area contributed by atoms with Crippen molar-refractivity contribution in [2.45, 2.75) is 52.0 Å². The van der Waals surface area contributed by atoms with Crippen molar-refractivity contribution in [3.05, 3.63) is 64.3 Å². The maximum absolute atomic E-state index is 12.6. The summed E-state index contributed by atoms with van der Waals surface area (Å²) >= 11 is 0. The Bertz CT molecular complexity index is 1930. The maximum atomic E-state index is 12.6. The second-order valence-corrected chi connectivity index (χ2v) is 13.9. The molecule has 2 aromatic carbocycles. The number of aryl methyl sites for hydroxylation is 1. The Morgan fingerprint density at radius 3 is 2.59 bits per heavy atom. The topological polar surface area (TPSA) is 152 Å². The fourth-order valence-corrected chi connectivity index (χ4v) is 7.30. The number of carbonyl (C=O) groups excluding carboxylic acids is 3. The molecule has 0 unspecified atom stereocenters. The number of carbonyl (C=O) groups is 3. The minimum atomic E-state index is -4.58. The second kappa shape index (κ2) is 12.1. The SMILES string of the molecule is CC[N+]1=c2cc3c(cc2CCC1)=Nc1cc2c(cc1O3)N(CCCC(=O)NCCN1C(=O)C=CC1=O)C(C)(C)C=C2CS(=O)(=O)[O-]. The second-order valence-electron chi connectivity index (χ2n) is 12.5. The Hall–Kier alpha value is -4.36. The molecule has 242 valence electrons. The van der Waals surface area contributed by atoms with Gasteiger partial charge in [0.15, 0.2) is 11.5 Å². The largest absolute Gasteiger partial charge is 0.748 e. The predicted octanol–water partition coefficient (Wildman–Crippen LogP) is 1.55. The van der Waals surface area contributed by atoms with Gasteiger partial charge in [-0.1, -0.05) is 6.08 Å². The van der Waals surface area contributed by atoms with Gasteiger partial charge < -0.3 is 19.5 Å². The molecular formula is C33H37N5O7S. The lowest BCUT2D eigenvalue weighted by atomic mass is 9.88. The van der Waals surface area contributed by atoms with Crippen molar-refractivity contribution in [1.29, 1.82) is 0 Å². The van der Waals surface area contributed by atoms with Crippen LogP contribution in [0.5, 0.6) is 11.5 Å². The van der Waals surface area contributed by atoms with Crippen LogP contribution in [0.1, 0.15) is 51.2 Å². The number of fused-ring (bicyclic) bond motifs is 4. The van der Waals surface area contributed by atoms with E-state index in [9.17, 15) is 27.4 Å². The highest BCUT2D eigenvalue weighted by Gasteiger charge is 2.35. The summed E-state index contributed by atoms with van der Waals surface area (Å²) in [5, 5.41) is 4.61. The molecule has 46 heavy (non-hydrogen) atoms. The zero-order valence-corrected chi connectivity index (χ0v) is 27.0. The quantitative estimate of drug-likeness (QED) is 0.198. The summed E-state index contributed by atoms with van der Waals surface area (Å²) in [7, 11) is -4.58. The monoisotopic (exact) mass is 647 g/mol. The fourth-order valence-electron chi connectivity index (χ4n) is 6.69. The molecule has 13 heteroatoms. The zero-order valence-electron chi connectivity index (χ0n) is 26.2. The van der Waals surface area contributed by atoms with Gasteiger partial charge in [0.2, 0.25) is 11.3 Å². The van der Waals surface area contributed by atoms with Crippen LogP contribution >= 0.6 is 0 Å². The number of imide groups is 1. The first-order chi connectivity index (χ1) is 21.8. The van der Waals surface area contributed by atoms with Crippen LogP contribution in [0.3, 0.4) is 0 Å². The van der Waals surface area contributed by atoms with Crippen molar-refractivity contribution in [3.63, 3.8) is 0 Å². The highest BCUT2D eigenvalue weighted by atomic mass is 32.2. The van der Waals surface area contributed by atoms with Crippen molar-refractivity contribution in [1.82, 2.24) is 14.8 Å². The Balaban J connectivity index is 1.26. The first-order valence-corrected chi connectivity index (χ1v) is 17.1. The normalized spacial score (nSPS) is 17.8. The fraction of sp³-hybridized carbons (Fsp3) is 0.424. The molecule has 12 nitrogen and oxygen atoms in total. The summed E-state index contributed by atoms with van der Waals surface area (Å²) in [5.41, 5.74) is 2.75. The molecule has 4 heterocycles. The van der Waals surface area contributed by atoms with Crippen LogP contribution in [0.4, 0.5) is 11.4 Å². The molecule has 0 atom stereocenters. The highest BCUT2D eigenvalue weighted by molar-refractivity contribution is 7.86. The molecule has 0 aromatic heterocycles. The summed E-state index contributed by atoms with van der Waals surface area (Å²) in [4.78, 5) is 44.1. The van der Waals surface area contributed by atoms with Crippen LogP contribution in [0, 0.1) is 0 Å². The Labute approximate surface area is 267 Å². The van der Waals surface area contributed by atoms with Gasteiger partial charge in [-0.3, -0.25) is 19.3 Å². The van der Waals surface area contributed by atoms with Gasteiger partial charge in [-0.25, -0.2) is 18.0 Å². The van der Waals surface area contributed by atoms with Crippen molar-refractivity contribution in [3.8, 4) is 11.5 Å². The first-order valence-electron chi connectivity index (χ1n) is 15.6. The minimum absolute atomic E-state index is 0.0949. The van der Waals surface area contributed by atoms with Crippen LogP contribution in [0.2, 0.25) is 0 Å². The smallest absolute Gasteiger partial charge is 0.253 e. The van der Waals surface area contributed by atoms with E-state index in [0.29, 0.717) is 52.3 Å². The van der Waals surface area contributed by atoms with Gasteiger partial charge >= 0.3 is 0 Å². The number of rotatable bonds is 10. The van der Waals surface area contributed by atoms with E-state index >= 15 is 0 Å². The number of ether oxygens (including phenoxy) is 1. The van der Waals surface area contributed by atoms with Crippen molar-refractivity contribution < 1.29 is 32.1 Å². The molecule has 4 aliphatic rings. The maximum Gasteiger partial charge on any atom is 0.253 e. The molecule has 3 amide bonds. The van der Waals surface area contributed by atoms with Crippen LogP contribution in [-0.4, -0.2) is 79.6 Å². The van der Waals surface area contributed by atoms with Crippen LogP contribution in [0.25, 0.3) is 5.57 Å². The van der Waals surface area contributed by atoms with Crippen LogP contribution < -0.4 is 30.2 Å². The lowest BCUT2D eigenvalue weighted by molar-refractivity contribution is -0.137. The van der Waals surface area contributed by atoms with E-state index in [2.05, 4.69) is 27.8 Å². The molecule has 0 aliphatic carbocycles. The average Bonchev–Trinajstić information content (AvgIpc) is 3.31. The van der Waals surface area contributed by atoms with Gasteiger partial charge in [0.05, 0.1) is 27.5 Å². The average molecular weight is 648 g/mol. The summed E-state index contributed by atoms with van der Waals surface area (Å²) in [6.07, 6.45) is 6.88. The highest BCUT2D eigenvalue weighted by Crippen LogP contribution is 2.46. The molecular weight excluding hydrogens is 610 g/mol. The van der Waals surface area contributed by atoms with E-state index in [1.807, 2.05) is 26.0 Å². The molecule has 0 saturated heterocycles. The summed E-state index contributed by atoms with van der Waals surface area (Å²) in [6.45, 7) is 8.55. The van der Waals surface area contributed by atoms with Gasteiger partial charge in [-0.05, 0) is 51.3 Å². The van der Waals surface area contributed by atoms with Crippen molar-refractivity contribution >= 4 is 44.8 Å². The molecule has 4 aliphatic heterocycles. The summed E-state index contributed by atoms with van der Waals surface area (Å²) in [5.74, 6) is -0.497. The summed E-state index contributed by atoms with van der Waals surface area (Å²) in [6, 6.07) is 7.73. The van der Waals surface area contributed by atoms with E-state index in [-0.39, 0.29) is 25.4 Å². The number of hydrogen-bond donors (Lipinski definition) is 1. The van der Waals surface area contributed by atoms with Crippen LogP contribution in [-0.2, 0) is 30.9 Å². The van der Waals surface area contributed by atoms with Crippen molar-refractivity contribution in [2.24, 2.45) is 4.99 Å². The van der Waals surface area contributed by atoms with E-state index in [4.69, 9.17) is 9.73 Å². The van der Waals surface area contributed by atoms with Gasteiger partial charge in [0, 0.05) is 67.5 Å². The Morgan fingerprint density at radius 2 is 1.87 bits per heavy atom. The number of amides is 3. The molecule has 1 N–H and O–H groups in total. The lowest BCUT2D eigenvalue weighted by Gasteiger charge is -2.44. The number of hydrogen-bond acceptors (Lipinski definition) is 9. The van der Waals surface area contributed by atoms with Gasteiger partial charge in [0.1, 0.15) is 24.1 Å². The zero-order chi connectivity index (χ0) is 32.8. The molecule has 6 rings (SSSR count). The van der Waals surface area contributed by atoms with E-state index < -0.39 is 33.2 Å².